The Hall–Kier alpha value is -1.31. The summed E-state index contributed by atoms with van der Waals surface area (Å²) in [5, 5.41) is 0. The maximum atomic E-state index is 12.2. The number of hydrogen-bond donors (Lipinski definition) is 0. The SMILES string of the molecule is CCC1(C)C(=O)N(C)c2ccc(C)cc21. The van der Waals surface area contributed by atoms with Crippen LogP contribution in [-0.4, -0.2) is 13.0 Å². The zero-order valence-corrected chi connectivity index (χ0v) is 9.79. The summed E-state index contributed by atoms with van der Waals surface area (Å²) in [7, 11) is 1.86. The lowest BCUT2D eigenvalue weighted by Gasteiger charge is -2.20. The van der Waals surface area contributed by atoms with Crippen LogP contribution >= 0.6 is 0 Å². The second-order valence-corrected chi connectivity index (χ2v) is 4.57. The predicted molar refractivity (Wildman–Crippen MR) is 62.2 cm³/mol. The number of hydrogen-bond acceptors (Lipinski definition) is 1. The first-order chi connectivity index (χ1) is 7.00. The number of fused-ring (bicyclic) bond motifs is 1. The monoisotopic (exact) mass is 203 g/mol. The molecule has 0 saturated carbocycles. The van der Waals surface area contributed by atoms with Crippen molar-refractivity contribution in [1.82, 2.24) is 0 Å². The van der Waals surface area contributed by atoms with Crippen LogP contribution in [0.15, 0.2) is 18.2 Å². The van der Waals surface area contributed by atoms with E-state index in [1.807, 2.05) is 20.0 Å². The largest absolute Gasteiger partial charge is 0.314 e. The predicted octanol–water partition coefficient (Wildman–Crippen LogP) is 2.64. The molecule has 0 radical (unpaired) electrons. The molecule has 2 rings (SSSR count). The van der Waals surface area contributed by atoms with Gasteiger partial charge in [-0.3, -0.25) is 4.79 Å². The van der Waals surface area contributed by atoms with E-state index in [1.54, 1.807) is 4.90 Å². The van der Waals surface area contributed by atoms with Gasteiger partial charge in [0, 0.05) is 12.7 Å². The smallest absolute Gasteiger partial charge is 0.237 e. The molecule has 1 aromatic rings. The Bertz CT molecular complexity index is 425. The van der Waals surface area contributed by atoms with Crippen LogP contribution in [0.25, 0.3) is 0 Å². The van der Waals surface area contributed by atoms with Gasteiger partial charge in [-0.05, 0) is 31.9 Å². The molecule has 0 aromatic heterocycles. The summed E-state index contributed by atoms with van der Waals surface area (Å²) >= 11 is 0. The van der Waals surface area contributed by atoms with Crippen molar-refractivity contribution in [2.24, 2.45) is 0 Å². The van der Waals surface area contributed by atoms with E-state index in [0.717, 1.165) is 12.1 Å². The lowest BCUT2D eigenvalue weighted by atomic mass is 9.81. The minimum atomic E-state index is -0.323. The maximum Gasteiger partial charge on any atom is 0.237 e. The van der Waals surface area contributed by atoms with E-state index in [4.69, 9.17) is 0 Å². The summed E-state index contributed by atoms with van der Waals surface area (Å²) in [5.41, 5.74) is 3.14. The molecule has 0 aliphatic carbocycles. The first-order valence-electron chi connectivity index (χ1n) is 5.40. The molecule has 15 heavy (non-hydrogen) atoms. The van der Waals surface area contributed by atoms with Crippen LogP contribution in [0.4, 0.5) is 5.69 Å². The van der Waals surface area contributed by atoms with Crippen LogP contribution in [0.2, 0.25) is 0 Å². The van der Waals surface area contributed by atoms with Gasteiger partial charge in [-0.15, -0.1) is 0 Å². The van der Waals surface area contributed by atoms with Gasteiger partial charge < -0.3 is 4.90 Å². The molecule has 1 aliphatic rings. The van der Waals surface area contributed by atoms with Crippen molar-refractivity contribution in [1.29, 1.82) is 0 Å². The fraction of sp³-hybridized carbons (Fsp3) is 0.462. The van der Waals surface area contributed by atoms with E-state index in [9.17, 15) is 4.79 Å². The molecule has 1 amide bonds. The molecule has 1 aliphatic heterocycles. The Morgan fingerprint density at radius 2 is 2.07 bits per heavy atom. The Morgan fingerprint density at radius 1 is 1.40 bits per heavy atom. The molecule has 2 nitrogen and oxygen atoms in total. The molecule has 1 heterocycles. The van der Waals surface area contributed by atoms with Crippen LogP contribution in [0.1, 0.15) is 31.4 Å². The molecular formula is C13H17NO. The van der Waals surface area contributed by atoms with Gasteiger partial charge in [0.2, 0.25) is 5.91 Å². The van der Waals surface area contributed by atoms with E-state index in [1.165, 1.54) is 11.1 Å². The average molecular weight is 203 g/mol. The summed E-state index contributed by atoms with van der Waals surface area (Å²) in [4.78, 5) is 13.9. The lowest BCUT2D eigenvalue weighted by Crippen LogP contribution is -2.35. The van der Waals surface area contributed by atoms with Gasteiger partial charge >= 0.3 is 0 Å². The fourth-order valence-corrected chi connectivity index (χ4v) is 2.32. The van der Waals surface area contributed by atoms with Crippen molar-refractivity contribution < 1.29 is 4.79 Å². The lowest BCUT2D eigenvalue weighted by molar-refractivity contribution is -0.122. The highest BCUT2D eigenvalue weighted by Crippen LogP contribution is 2.43. The molecule has 0 spiro atoms. The minimum absolute atomic E-state index is 0.214. The second kappa shape index (κ2) is 3.09. The van der Waals surface area contributed by atoms with E-state index < -0.39 is 0 Å². The number of rotatable bonds is 1. The number of anilines is 1. The number of likely N-dealkylation sites (N-methyl/N-ethyl adjacent to an activating group) is 1. The quantitative estimate of drug-likeness (QED) is 0.687. The Kier molecular flexibility index (Phi) is 2.10. The third kappa shape index (κ3) is 1.21. The highest BCUT2D eigenvalue weighted by atomic mass is 16.2. The van der Waals surface area contributed by atoms with Gasteiger partial charge in [0.1, 0.15) is 0 Å². The van der Waals surface area contributed by atoms with Gasteiger partial charge in [-0.1, -0.05) is 24.6 Å². The van der Waals surface area contributed by atoms with Gasteiger partial charge in [0.15, 0.2) is 0 Å². The number of aryl methyl sites for hydroxylation is 1. The van der Waals surface area contributed by atoms with Gasteiger partial charge in [-0.2, -0.15) is 0 Å². The van der Waals surface area contributed by atoms with Crippen molar-refractivity contribution in [2.75, 3.05) is 11.9 Å². The number of nitrogens with zero attached hydrogens (tertiary/aromatic N) is 1. The zero-order valence-electron chi connectivity index (χ0n) is 9.79. The van der Waals surface area contributed by atoms with Crippen LogP contribution in [-0.2, 0) is 10.2 Å². The van der Waals surface area contributed by atoms with Crippen LogP contribution < -0.4 is 4.90 Å². The van der Waals surface area contributed by atoms with Crippen molar-refractivity contribution in [2.45, 2.75) is 32.6 Å². The summed E-state index contributed by atoms with van der Waals surface area (Å²) in [6.45, 7) is 6.18. The summed E-state index contributed by atoms with van der Waals surface area (Å²) in [6.07, 6.45) is 0.854. The Labute approximate surface area is 90.9 Å². The van der Waals surface area contributed by atoms with Crippen LogP contribution in [0, 0.1) is 6.92 Å². The molecule has 0 fully saturated rings. The van der Waals surface area contributed by atoms with E-state index in [-0.39, 0.29) is 11.3 Å². The molecule has 80 valence electrons. The molecule has 2 heteroatoms. The van der Waals surface area contributed by atoms with Crippen LogP contribution in [0.5, 0.6) is 0 Å². The highest BCUT2D eigenvalue weighted by Gasteiger charge is 2.44. The number of carbonyl (C=O) groups is 1. The topological polar surface area (TPSA) is 20.3 Å². The second-order valence-electron chi connectivity index (χ2n) is 4.57. The number of carbonyl (C=O) groups excluding carboxylic acids is 1. The summed E-state index contributed by atoms with van der Waals surface area (Å²) in [5.74, 6) is 0.214. The third-order valence-corrected chi connectivity index (χ3v) is 3.59. The zero-order chi connectivity index (χ0) is 11.2. The van der Waals surface area contributed by atoms with Gasteiger partial charge in [0.05, 0.1) is 5.41 Å². The molecule has 0 bridgehead atoms. The third-order valence-electron chi connectivity index (χ3n) is 3.59. The molecule has 1 aromatic carbocycles. The first kappa shape index (κ1) is 10.2. The van der Waals surface area contributed by atoms with Crippen molar-refractivity contribution in [3.63, 3.8) is 0 Å². The molecule has 1 unspecified atom stereocenters. The average Bonchev–Trinajstić information content (AvgIpc) is 2.42. The molecule has 0 saturated heterocycles. The standard InChI is InChI=1S/C13H17NO/c1-5-13(3)10-8-9(2)6-7-11(10)14(4)12(13)15/h6-8H,5H2,1-4H3. The van der Waals surface area contributed by atoms with Crippen LogP contribution in [0.3, 0.4) is 0 Å². The minimum Gasteiger partial charge on any atom is -0.314 e. The summed E-state index contributed by atoms with van der Waals surface area (Å²) in [6, 6.07) is 6.24. The van der Waals surface area contributed by atoms with E-state index in [0.29, 0.717) is 0 Å². The number of amides is 1. The van der Waals surface area contributed by atoms with Gasteiger partial charge in [-0.25, -0.2) is 0 Å². The highest BCUT2D eigenvalue weighted by molar-refractivity contribution is 6.07. The maximum absolute atomic E-state index is 12.2. The number of benzene rings is 1. The Morgan fingerprint density at radius 3 is 2.67 bits per heavy atom. The van der Waals surface area contributed by atoms with E-state index >= 15 is 0 Å². The molecule has 0 N–H and O–H groups in total. The molecular weight excluding hydrogens is 186 g/mol. The van der Waals surface area contributed by atoms with Crippen molar-refractivity contribution in [3.8, 4) is 0 Å². The first-order valence-corrected chi connectivity index (χ1v) is 5.40. The van der Waals surface area contributed by atoms with Gasteiger partial charge in [0.25, 0.3) is 0 Å². The Balaban J connectivity index is 2.67. The van der Waals surface area contributed by atoms with E-state index in [2.05, 4.69) is 26.0 Å². The fourth-order valence-electron chi connectivity index (χ4n) is 2.32. The van der Waals surface area contributed by atoms with Crippen molar-refractivity contribution >= 4 is 11.6 Å². The normalized spacial score (nSPS) is 24.5. The molecule has 1 atom stereocenters. The van der Waals surface area contributed by atoms with Crippen molar-refractivity contribution in [3.05, 3.63) is 29.3 Å². The summed E-state index contributed by atoms with van der Waals surface area (Å²) < 4.78 is 0.